The summed E-state index contributed by atoms with van der Waals surface area (Å²) in [5, 5.41) is 2.76. The normalized spacial score (nSPS) is 14.2. The van der Waals surface area contributed by atoms with E-state index in [9.17, 15) is 0 Å². The van der Waals surface area contributed by atoms with Gasteiger partial charge < -0.3 is 0 Å². The maximum absolute atomic E-state index is 2.53. The van der Waals surface area contributed by atoms with E-state index in [1.807, 2.05) is 0 Å². The first-order chi connectivity index (χ1) is 18.1. The van der Waals surface area contributed by atoms with Gasteiger partial charge >= 0.3 is 0 Å². The maximum atomic E-state index is 2.53. The Balaban J connectivity index is 1.42. The molecule has 0 saturated heterocycles. The first-order valence-corrected chi connectivity index (χ1v) is 14.0. The highest BCUT2D eigenvalue weighted by atomic mass is 14.4. The van der Waals surface area contributed by atoms with Crippen molar-refractivity contribution in [2.45, 2.75) is 52.4 Å². The molecule has 2 aliphatic carbocycles. The molecule has 0 N–H and O–H groups in total. The fourth-order valence-electron chi connectivity index (χ4n) is 7.38. The molecule has 0 unspecified atom stereocenters. The zero-order chi connectivity index (χ0) is 25.3. The van der Waals surface area contributed by atoms with Crippen molar-refractivity contribution in [3.63, 3.8) is 0 Å². The summed E-state index contributed by atoms with van der Waals surface area (Å²) < 4.78 is 0. The molecule has 0 atom stereocenters. The summed E-state index contributed by atoms with van der Waals surface area (Å²) in [6.45, 7) is 9.39. The summed E-state index contributed by atoms with van der Waals surface area (Å²) in [5.74, 6) is 0.668. The monoisotopic (exact) mass is 478 g/mol. The molecule has 0 heterocycles. The highest BCUT2D eigenvalue weighted by Crippen LogP contribution is 2.55. The number of hydrogen-bond donors (Lipinski definition) is 0. The average Bonchev–Trinajstić information content (AvgIpc) is 3.39. The van der Waals surface area contributed by atoms with Crippen LogP contribution in [0.5, 0.6) is 0 Å². The topological polar surface area (TPSA) is 0 Å². The van der Waals surface area contributed by atoms with Crippen LogP contribution in [-0.2, 0) is 11.8 Å². The number of rotatable bonds is 5. The minimum Gasteiger partial charge on any atom is -0.0642 e. The van der Waals surface area contributed by atoms with Gasteiger partial charge in [0, 0.05) is 5.41 Å². The Morgan fingerprint density at radius 3 is 1.86 bits per heavy atom. The minimum absolute atomic E-state index is 0.0821. The molecule has 0 fully saturated rings. The van der Waals surface area contributed by atoms with Gasteiger partial charge in [-0.1, -0.05) is 113 Å². The molecule has 0 radical (unpaired) electrons. The van der Waals surface area contributed by atoms with Crippen LogP contribution in [-0.4, -0.2) is 0 Å². The van der Waals surface area contributed by atoms with Crippen LogP contribution in [0.4, 0.5) is 0 Å². The predicted molar refractivity (Wildman–Crippen MR) is 159 cm³/mol. The van der Waals surface area contributed by atoms with E-state index in [2.05, 4.69) is 119 Å². The standard InChI is InChI=1S/C37H34/c1-5-37(6-2)34-21-24(20-23(3)4)14-16-29(34)30-17-15-25(22-35(30)37)26-18-19-33-28-11-8-7-10-27(28)32-13-9-12-31(26)36(32)33/h7-19,21-23H,5-6,20H2,1-4H3. The summed E-state index contributed by atoms with van der Waals surface area (Å²) in [5.41, 5.74) is 15.6. The Hall–Kier alpha value is -3.64. The van der Waals surface area contributed by atoms with Crippen molar-refractivity contribution in [1.82, 2.24) is 0 Å². The van der Waals surface area contributed by atoms with E-state index in [1.54, 1.807) is 5.56 Å². The van der Waals surface area contributed by atoms with Gasteiger partial charge in [-0.15, -0.1) is 0 Å². The minimum atomic E-state index is 0.0821. The van der Waals surface area contributed by atoms with Crippen LogP contribution in [0.15, 0.2) is 91.0 Å². The second kappa shape index (κ2) is 8.18. The van der Waals surface area contributed by atoms with Crippen LogP contribution >= 0.6 is 0 Å². The molecule has 2 aliphatic rings. The lowest BCUT2D eigenvalue weighted by molar-refractivity contribution is 0.489. The molecule has 0 heteroatoms. The molecule has 0 bridgehead atoms. The maximum Gasteiger partial charge on any atom is 0.0210 e. The van der Waals surface area contributed by atoms with Gasteiger partial charge in [-0.05, 0) is 103 Å². The number of fused-ring (bicyclic) bond motifs is 6. The van der Waals surface area contributed by atoms with Gasteiger partial charge in [-0.3, -0.25) is 0 Å². The molecule has 0 nitrogen and oxygen atoms in total. The highest BCUT2D eigenvalue weighted by Gasteiger charge is 2.40. The van der Waals surface area contributed by atoms with E-state index < -0.39 is 0 Å². The molecule has 0 spiro atoms. The SMILES string of the molecule is CCC1(CC)c2cc(CC(C)C)ccc2-c2ccc(-c3ccc4c5c(cccc35)-c3ccccc3-4)cc21. The molecule has 5 aromatic carbocycles. The molecule has 37 heavy (non-hydrogen) atoms. The van der Waals surface area contributed by atoms with Crippen LogP contribution in [0.3, 0.4) is 0 Å². The van der Waals surface area contributed by atoms with Crippen molar-refractivity contribution in [3.05, 3.63) is 108 Å². The lowest BCUT2D eigenvalue weighted by atomic mass is 9.73. The average molecular weight is 479 g/mol. The van der Waals surface area contributed by atoms with Gasteiger partial charge in [0.15, 0.2) is 0 Å². The zero-order valence-electron chi connectivity index (χ0n) is 22.4. The number of benzene rings is 5. The molecule has 0 aliphatic heterocycles. The first kappa shape index (κ1) is 22.5. The van der Waals surface area contributed by atoms with Crippen LogP contribution < -0.4 is 0 Å². The van der Waals surface area contributed by atoms with Crippen LogP contribution in [0.1, 0.15) is 57.2 Å². The zero-order valence-corrected chi connectivity index (χ0v) is 22.4. The van der Waals surface area contributed by atoms with Crippen molar-refractivity contribution in [3.8, 4) is 44.5 Å². The van der Waals surface area contributed by atoms with E-state index in [0.29, 0.717) is 5.92 Å². The van der Waals surface area contributed by atoms with Gasteiger partial charge in [0.05, 0.1) is 0 Å². The van der Waals surface area contributed by atoms with Crippen LogP contribution in [0, 0.1) is 5.92 Å². The Morgan fingerprint density at radius 2 is 1.16 bits per heavy atom. The van der Waals surface area contributed by atoms with Gasteiger partial charge in [-0.25, -0.2) is 0 Å². The lowest BCUT2D eigenvalue weighted by Gasteiger charge is -2.30. The second-order valence-corrected chi connectivity index (χ2v) is 11.5. The lowest BCUT2D eigenvalue weighted by Crippen LogP contribution is -2.23. The molecule has 7 rings (SSSR count). The van der Waals surface area contributed by atoms with E-state index in [0.717, 1.165) is 19.3 Å². The van der Waals surface area contributed by atoms with Crippen molar-refractivity contribution >= 4 is 10.8 Å². The molecule has 0 aromatic heterocycles. The molecule has 182 valence electrons. The van der Waals surface area contributed by atoms with Gasteiger partial charge in [0.1, 0.15) is 0 Å². The summed E-state index contributed by atoms with van der Waals surface area (Å²) in [7, 11) is 0. The van der Waals surface area contributed by atoms with Crippen LogP contribution in [0.25, 0.3) is 55.3 Å². The largest absolute Gasteiger partial charge is 0.0642 e. The van der Waals surface area contributed by atoms with E-state index in [-0.39, 0.29) is 5.41 Å². The van der Waals surface area contributed by atoms with E-state index in [1.165, 1.54) is 66.4 Å². The molecule has 5 aromatic rings. The smallest absolute Gasteiger partial charge is 0.0210 e. The third-order valence-electron chi connectivity index (χ3n) is 9.13. The third-order valence-corrected chi connectivity index (χ3v) is 9.13. The quantitative estimate of drug-likeness (QED) is 0.231. The summed E-state index contributed by atoms with van der Waals surface area (Å²) in [6, 6.07) is 34.9. The summed E-state index contributed by atoms with van der Waals surface area (Å²) in [4.78, 5) is 0. The van der Waals surface area contributed by atoms with Crippen molar-refractivity contribution in [2.24, 2.45) is 5.92 Å². The molecular formula is C37H34. The van der Waals surface area contributed by atoms with Gasteiger partial charge in [-0.2, -0.15) is 0 Å². The molecular weight excluding hydrogens is 444 g/mol. The fraction of sp³-hybridized carbons (Fsp3) is 0.243. The summed E-state index contributed by atoms with van der Waals surface area (Å²) >= 11 is 0. The first-order valence-electron chi connectivity index (χ1n) is 14.0. The van der Waals surface area contributed by atoms with Crippen molar-refractivity contribution in [2.75, 3.05) is 0 Å². The van der Waals surface area contributed by atoms with Gasteiger partial charge in [0.2, 0.25) is 0 Å². The Morgan fingerprint density at radius 1 is 0.568 bits per heavy atom. The van der Waals surface area contributed by atoms with Crippen molar-refractivity contribution in [1.29, 1.82) is 0 Å². The fourth-order valence-corrected chi connectivity index (χ4v) is 7.38. The molecule has 0 amide bonds. The summed E-state index contributed by atoms with van der Waals surface area (Å²) in [6.07, 6.45) is 3.38. The predicted octanol–water partition coefficient (Wildman–Crippen LogP) is 10.4. The second-order valence-electron chi connectivity index (χ2n) is 11.5. The molecule has 0 saturated carbocycles. The van der Waals surface area contributed by atoms with E-state index in [4.69, 9.17) is 0 Å². The number of hydrogen-bond acceptors (Lipinski definition) is 0. The Kier molecular flexibility index (Phi) is 4.99. The van der Waals surface area contributed by atoms with Crippen LogP contribution in [0.2, 0.25) is 0 Å². The van der Waals surface area contributed by atoms with Crippen molar-refractivity contribution < 1.29 is 0 Å². The third kappa shape index (κ3) is 3.08. The highest BCUT2D eigenvalue weighted by molar-refractivity contribution is 6.18. The Labute approximate surface area is 221 Å². The Bertz CT molecular complexity index is 1660. The van der Waals surface area contributed by atoms with E-state index >= 15 is 0 Å². The van der Waals surface area contributed by atoms with Gasteiger partial charge in [0.25, 0.3) is 0 Å².